The largest absolute Gasteiger partial charge is 0.497 e. The van der Waals surface area contributed by atoms with E-state index in [0.29, 0.717) is 29.4 Å². The molecule has 0 aliphatic heterocycles. The first-order chi connectivity index (χ1) is 11.6. The monoisotopic (exact) mass is 329 g/mol. The Balaban J connectivity index is 2.14. The van der Waals surface area contributed by atoms with Crippen LogP contribution < -0.4 is 19.5 Å². The van der Waals surface area contributed by atoms with Crippen molar-refractivity contribution in [2.75, 3.05) is 19.5 Å². The van der Waals surface area contributed by atoms with Gasteiger partial charge in [-0.1, -0.05) is 19.1 Å². The molecule has 1 N–H and O–H groups in total. The summed E-state index contributed by atoms with van der Waals surface area (Å²) in [5.74, 6) is 1.65. The average Bonchev–Trinajstić information content (AvgIpc) is 2.59. The van der Waals surface area contributed by atoms with Gasteiger partial charge in [-0.25, -0.2) is 0 Å². The summed E-state index contributed by atoms with van der Waals surface area (Å²) in [5.41, 5.74) is 1.63. The summed E-state index contributed by atoms with van der Waals surface area (Å²) in [7, 11) is 3.13. The third kappa shape index (κ3) is 4.41. The average molecular weight is 329 g/mol. The Kier molecular flexibility index (Phi) is 6.07. The Morgan fingerprint density at radius 1 is 1.08 bits per heavy atom. The molecule has 0 aromatic heterocycles. The van der Waals surface area contributed by atoms with Crippen LogP contribution in [0.3, 0.4) is 0 Å². The van der Waals surface area contributed by atoms with Crippen LogP contribution in [-0.2, 0) is 4.79 Å². The van der Waals surface area contributed by atoms with Gasteiger partial charge in [0.2, 0.25) is 0 Å². The van der Waals surface area contributed by atoms with Crippen LogP contribution in [0.15, 0.2) is 42.5 Å². The van der Waals surface area contributed by atoms with Crippen molar-refractivity contribution in [2.24, 2.45) is 0 Å². The van der Waals surface area contributed by atoms with E-state index in [4.69, 9.17) is 14.2 Å². The lowest BCUT2D eigenvalue weighted by atomic mass is 10.2. The van der Waals surface area contributed by atoms with Crippen molar-refractivity contribution < 1.29 is 19.0 Å². The molecule has 1 atom stereocenters. The molecule has 0 fully saturated rings. The van der Waals surface area contributed by atoms with E-state index >= 15 is 0 Å². The van der Waals surface area contributed by atoms with Crippen molar-refractivity contribution in [1.29, 1.82) is 0 Å². The summed E-state index contributed by atoms with van der Waals surface area (Å²) in [6, 6.07) is 12.9. The van der Waals surface area contributed by atoms with E-state index in [9.17, 15) is 4.79 Å². The fourth-order valence-electron chi connectivity index (χ4n) is 2.30. The number of carbonyl (C=O) groups excluding carboxylic acids is 1. The SMILES string of the molecule is CC[C@H](Oc1cccc(C)c1)C(=O)Nc1cc(OC)ccc1OC. The maximum Gasteiger partial charge on any atom is 0.265 e. The predicted octanol–water partition coefficient (Wildman–Crippen LogP) is 3.81. The van der Waals surface area contributed by atoms with E-state index in [-0.39, 0.29) is 5.91 Å². The van der Waals surface area contributed by atoms with Gasteiger partial charge in [-0.2, -0.15) is 0 Å². The lowest BCUT2D eigenvalue weighted by Gasteiger charge is -2.19. The van der Waals surface area contributed by atoms with E-state index in [2.05, 4.69) is 5.32 Å². The maximum atomic E-state index is 12.6. The minimum absolute atomic E-state index is 0.231. The summed E-state index contributed by atoms with van der Waals surface area (Å²) in [6.07, 6.45) is -0.0470. The number of nitrogens with one attached hydrogen (secondary N) is 1. The molecule has 128 valence electrons. The second-order valence-electron chi connectivity index (χ2n) is 5.39. The summed E-state index contributed by atoms with van der Waals surface area (Å²) in [4.78, 5) is 12.6. The third-order valence-corrected chi connectivity index (χ3v) is 3.60. The van der Waals surface area contributed by atoms with Gasteiger partial charge in [0.15, 0.2) is 6.10 Å². The van der Waals surface area contributed by atoms with Crippen molar-refractivity contribution in [3.63, 3.8) is 0 Å². The molecule has 0 saturated carbocycles. The van der Waals surface area contributed by atoms with Crippen molar-refractivity contribution in [2.45, 2.75) is 26.4 Å². The van der Waals surface area contributed by atoms with E-state index < -0.39 is 6.10 Å². The van der Waals surface area contributed by atoms with Gasteiger partial charge in [0.1, 0.15) is 17.2 Å². The molecule has 0 spiro atoms. The highest BCUT2D eigenvalue weighted by molar-refractivity contribution is 5.95. The smallest absolute Gasteiger partial charge is 0.265 e. The van der Waals surface area contributed by atoms with Crippen LogP contribution in [-0.4, -0.2) is 26.2 Å². The number of hydrogen-bond donors (Lipinski definition) is 1. The zero-order valence-electron chi connectivity index (χ0n) is 14.5. The Hall–Kier alpha value is -2.69. The maximum absolute atomic E-state index is 12.6. The standard InChI is InChI=1S/C19H23NO4/c1-5-17(24-15-8-6-7-13(2)11-15)19(21)20-16-12-14(22-3)9-10-18(16)23-4/h6-12,17H,5H2,1-4H3,(H,20,21)/t17-/m0/s1. The minimum atomic E-state index is -0.595. The molecule has 5 heteroatoms. The van der Waals surface area contributed by atoms with Crippen LogP contribution in [0, 0.1) is 6.92 Å². The van der Waals surface area contributed by atoms with E-state index in [1.54, 1.807) is 32.4 Å². The summed E-state index contributed by atoms with van der Waals surface area (Å²) in [5, 5.41) is 2.85. The van der Waals surface area contributed by atoms with Crippen molar-refractivity contribution in [3.8, 4) is 17.2 Å². The van der Waals surface area contributed by atoms with E-state index in [1.807, 2.05) is 38.1 Å². The molecule has 0 heterocycles. The second-order valence-corrected chi connectivity index (χ2v) is 5.39. The number of benzene rings is 2. The second kappa shape index (κ2) is 8.24. The first-order valence-corrected chi connectivity index (χ1v) is 7.83. The van der Waals surface area contributed by atoms with E-state index in [1.165, 1.54) is 0 Å². The number of aryl methyl sites for hydroxylation is 1. The van der Waals surface area contributed by atoms with Crippen LogP contribution in [0.25, 0.3) is 0 Å². The molecule has 0 unspecified atom stereocenters. The van der Waals surface area contributed by atoms with Gasteiger partial charge in [0, 0.05) is 6.07 Å². The van der Waals surface area contributed by atoms with Crippen LogP contribution in [0.1, 0.15) is 18.9 Å². The number of amides is 1. The first-order valence-electron chi connectivity index (χ1n) is 7.83. The molecule has 0 aliphatic rings. The molecule has 2 aromatic rings. The van der Waals surface area contributed by atoms with Crippen LogP contribution in [0.5, 0.6) is 17.2 Å². The molecule has 24 heavy (non-hydrogen) atoms. The number of methoxy groups -OCH3 is 2. The molecule has 1 amide bonds. The topological polar surface area (TPSA) is 56.8 Å². The molecule has 0 aliphatic carbocycles. The molecule has 5 nitrogen and oxygen atoms in total. The molecule has 2 aromatic carbocycles. The highest BCUT2D eigenvalue weighted by atomic mass is 16.5. The Morgan fingerprint density at radius 2 is 1.88 bits per heavy atom. The molecule has 0 bridgehead atoms. The van der Waals surface area contributed by atoms with Crippen LogP contribution >= 0.6 is 0 Å². The van der Waals surface area contributed by atoms with Crippen molar-refractivity contribution in [1.82, 2.24) is 0 Å². The van der Waals surface area contributed by atoms with Gasteiger partial charge >= 0.3 is 0 Å². The minimum Gasteiger partial charge on any atom is -0.497 e. The molecule has 0 radical (unpaired) electrons. The number of anilines is 1. The van der Waals surface area contributed by atoms with Gasteiger partial charge in [0.25, 0.3) is 5.91 Å². The number of ether oxygens (including phenoxy) is 3. The Bertz CT molecular complexity index is 700. The lowest BCUT2D eigenvalue weighted by molar-refractivity contribution is -0.122. The molecular weight excluding hydrogens is 306 g/mol. The zero-order chi connectivity index (χ0) is 17.5. The van der Waals surface area contributed by atoms with E-state index in [0.717, 1.165) is 5.56 Å². The Labute approximate surface area is 142 Å². The zero-order valence-corrected chi connectivity index (χ0v) is 14.5. The summed E-state index contributed by atoms with van der Waals surface area (Å²) in [6.45, 7) is 3.89. The predicted molar refractivity (Wildman–Crippen MR) is 94.1 cm³/mol. The highest BCUT2D eigenvalue weighted by Crippen LogP contribution is 2.29. The fourth-order valence-corrected chi connectivity index (χ4v) is 2.30. The molecule has 2 rings (SSSR count). The highest BCUT2D eigenvalue weighted by Gasteiger charge is 2.20. The van der Waals surface area contributed by atoms with Gasteiger partial charge in [0.05, 0.1) is 19.9 Å². The quantitative estimate of drug-likeness (QED) is 0.839. The number of carbonyl (C=O) groups is 1. The Morgan fingerprint density at radius 3 is 2.50 bits per heavy atom. The first kappa shape index (κ1) is 17.7. The lowest BCUT2D eigenvalue weighted by Crippen LogP contribution is -2.32. The summed E-state index contributed by atoms with van der Waals surface area (Å²) < 4.78 is 16.3. The fraction of sp³-hybridized carbons (Fsp3) is 0.316. The van der Waals surface area contributed by atoms with Gasteiger partial charge in [-0.05, 0) is 43.2 Å². The van der Waals surface area contributed by atoms with Gasteiger partial charge in [-0.15, -0.1) is 0 Å². The summed E-state index contributed by atoms with van der Waals surface area (Å²) >= 11 is 0. The molecular formula is C19H23NO4. The van der Waals surface area contributed by atoms with Crippen LogP contribution in [0.4, 0.5) is 5.69 Å². The molecule has 0 saturated heterocycles. The van der Waals surface area contributed by atoms with Crippen molar-refractivity contribution in [3.05, 3.63) is 48.0 Å². The van der Waals surface area contributed by atoms with Gasteiger partial charge in [-0.3, -0.25) is 4.79 Å². The van der Waals surface area contributed by atoms with Gasteiger partial charge < -0.3 is 19.5 Å². The number of rotatable bonds is 7. The third-order valence-electron chi connectivity index (χ3n) is 3.60. The normalized spacial score (nSPS) is 11.5. The number of hydrogen-bond acceptors (Lipinski definition) is 4. The van der Waals surface area contributed by atoms with Crippen LogP contribution in [0.2, 0.25) is 0 Å². The van der Waals surface area contributed by atoms with Crippen molar-refractivity contribution >= 4 is 11.6 Å².